The molecule has 0 aliphatic carbocycles. The van der Waals surface area contributed by atoms with Crippen molar-refractivity contribution in [3.05, 3.63) is 60.2 Å². The molecule has 1 aliphatic heterocycles. The zero-order valence-electron chi connectivity index (χ0n) is 23.7. The smallest absolute Gasteiger partial charge is 0.241 e. The number of benzene rings is 2. The molecule has 1 fully saturated rings. The summed E-state index contributed by atoms with van der Waals surface area (Å²) in [6.07, 6.45) is 4.39. The van der Waals surface area contributed by atoms with Gasteiger partial charge in [-0.05, 0) is 51.6 Å². The van der Waals surface area contributed by atoms with E-state index >= 15 is 0 Å². The third-order valence-electron chi connectivity index (χ3n) is 7.57. The molecule has 12 heteroatoms. The first-order valence-electron chi connectivity index (χ1n) is 13.4. The summed E-state index contributed by atoms with van der Waals surface area (Å²) in [5.74, 6) is -0.856. The van der Waals surface area contributed by atoms with E-state index in [4.69, 9.17) is 0 Å². The number of rotatable bonds is 7. The second-order valence-electron chi connectivity index (χ2n) is 10.7. The van der Waals surface area contributed by atoms with Crippen molar-refractivity contribution in [3.8, 4) is 11.3 Å². The number of aryl methyl sites for hydroxylation is 1. The van der Waals surface area contributed by atoms with Gasteiger partial charge in [-0.1, -0.05) is 18.2 Å². The van der Waals surface area contributed by atoms with Gasteiger partial charge in [-0.25, -0.2) is 22.8 Å². The Morgan fingerprint density at radius 2 is 1.90 bits per heavy atom. The van der Waals surface area contributed by atoms with Gasteiger partial charge in [0, 0.05) is 55.3 Å². The summed E-state index contributed by atoms with van der Waals surface area (Å²) in [6.45, 7) is 8.61. The van der Waals surface area contributed by atoms with Crippen molar-refractivity contribution in [2.24, 2.45) is 0 Å². The summed E-state index contributed by atoms with van der Waals surface area (Å²) in [5.41, 5.74) is 3.55. The Bertz CT molecular complexity index is 1720. The summed E-state index contributed by atoms with van der Waals surface area (Å²) in [7, 11) is -1.65. The standard InChI is InChI=1S/C29H34FN7O3S/c1-17-14-32-29(34-22-9-7-11-24(25(22)30)41(5,39)40)35-26(17)21-15-31-27-20(21)8-6-10-23(27)33-28(38)19(3)37-13-12-36(4)16-18(37)2/h6-11,14-15,18-19,31H,12-13,16H2,1-5H3,(H,33,38)(H,32,34,35)/t18-,19+/m0/s1. The molecule has 3 N–H and O–H groups in total. The maximum atomic E-state index is 14.9. The van der Waals surface area contributed by atoms with E-state index in [2.05, 4.69) is 49.4 Å². The van der Waals surface area contributed by atoms with Gasteiger partial charge in [-0.2, -0.15) is 0 Å². The van der Waals surface area contributed by atoms with Gasteiger partial charge in [0.25, 0.3) is 0 Å². The molecule has 1 amide bonds. The highest BCUT2D eigenvalue weighted by molar-refractivity contribution is 7.90. The number of para-hydroxylation sites is 1. The van der Waals surface area contributed by atoms with Crippen LogP contribution in [0.15, 0.2) is 53.7 Å². The summed E-state index contributed by atoms with van der Waals surface area (Å²) in [5, 5.41) is 6.76. The maximum Gasteiger partial charge on any atom is 0.241 e. The maximum absolute atomic E-state index is 14.9. The van der Waals surface area contributed by atoms with Gasteiger partial charge >= 0.3 is 0 Å². The number of H-pyrrole nitrogens is 1. The minimum absolute atomic E-state index is 0.0459. The number of aromatic amines is 1. The highest BCUT2D eigenvalue weighted by atomic mass is 32.2. The molecule has 10 nitrogen and oxygen atoms in total. The molecule has 3 heterocycles. The molecule has 2 atom stereocenters. The highest BCUT2D eigenvalue weighted by Gasteiger charge is 2.30. The Kier molecular flexibility index (Phi) is 7.82. The van der Waals surface area contributed by atoms with Crippen LogP contribution >= 0.6 is 0 Å². The molecule has 216 valence electrons. The average Bonchev–Trinajstić information content (AvgIpc) is 3.35. The van der Waals surface area contributed by atoms with Gasteiger partial charge in [0.05, 0.1) is 28.6 Å². The van der Waals surface area contributed by atoms with E-state index in [0.29, 0.717) is 11.4 Å². The summed E-state index contributed by atoms with van der Waals surface area (Å²) in [6, 6.07) is 9.75. The van der Waals surface area contributed by atoms with E-state index < -0.39 is 20.5 Å². The van der Waals surface area contributed by atoms with Crippen LogP contribution in [0.5, 0.6) is 0 Å². The summed E-state index contributed by atoms with van der Waals surface area (Å²) < 4.78 is 38.8. The van der Waals surface area contributed by atoms with Crippen LogP contribution in [0.1, 0.15) is 19.4 Å². The number of nitrogens with one attached hydrogen (secondary N) is 3. The number of likely N-dealkylation sites (N-methyl/N-ethyl adjacent to an activating group) is 1. The Morgan fingerprint density at radius 1 is 1.17 bits per heavy atom. The molecular formula is C29H34FN7O3S. The zero-order chi connectivity index (χ0) is 29.5. The monoisotopic (exact) mass is 579 g/mol. The fraction of sp³-hybridized carbons (Fsp3) is 0.345. The molecule has 1 aliphatic rings. The van der Waals surface area contributed by atoms with Crippen molar-refractivity contribution in [2.45, 2.75) is 37.8 Å². The van der Waals surface area contributed by atoms with E-state index in [1.165, 1.54) is 18.2 Å². The number of amides is 1. The molecular weight excluding hydrogens is 545 g/mol. The van der Waals surface area contributed by atoms with Crippen LogP contribution in [0.2, 0.25) is 0 Å². The second-order valence-corrected chi connectivity index (χ2v) is 12.7. The Balaban J connectivity index is 1.42. The Labute approximate surface area is 238 Å². The molecule has 0 saturated carbocycles. The van der Waals surface area contributed by atoms with Crippen LogP contribution in [-0.4, -0.2) is 84.1 Å². The number of sulfone groups is 1. The first-order valence-corrected chi connectivity index (χ1v) is 15.3. The number of hydrogen-bond donors (Lipinski definition) is 3. The first kappa shape index (κ1) is 28.7. The van der Waals surface area contributed by atoms with Crippen LogP contribution < -0.4 is 10.6 Å². The molecule has 4 aromatic rings. The molecule has 2 aromatic carbocycles. The van der Waals surface area contributed by atoms with Crippen LogP contribution in [0.25, 0.3) is 22.2 Å². The van der Waals surface area contributed by atoms with Gasteiger partial charge in [0.2, 0.25) is 11.9 Å². The molecule has 0 spiro atoms. The zero-order valence-corrected chi connectivity index (χ0v) is 24.5. The third kappa shape index (κ3) is 5.81. The fourth-order valence-electron chi connectivity index (χ4n) is 5.36. The van der Waals surface area contributed by atoms with E-state index in [1.54, 1.807) is 6.20 Å². The lowest BCUT2D eigenvalue weighted by Gasteiger charge is -2.41. The normalized spacial score (nSPS) is 17.5. The van der Waals surface area contributed by atoms with Gasteiger partial charge in [0.1, 0.15) is 4.90 Å². The lowest BCUT2D eigenvalue weighted by molar-refractivity contribution is -0.122. The van der Waals surface area contributed by atoms with Crippen molar-refractivity contribution in [3.63, 3.8) is 0 Å². The number of hydrogen-bond acceptors (Lipinski definition) is 8. The third-order valence-corrected chi connectivity index (χ3v) is 8.68. The molecule has 41 heavy (non-hydrogen) atoms. The summed E-state index contributed by atoms with van der Waals surface area (Å²) >= 11 is 0. The van der Waals surface area contributed by atoms with Crippen molar-refractivity contribution >= 4 is 44.0 Å². The molecule has 0 unspecified atom stereocenters. The number of carbonyl (C=O) groups excluding carboxylic acids is 1. The summed E-state index contributed by atoms with van der Waals surface area (Å²) in [4.78, 5) is 29.5. The molecule has 0 bridgehead atoms. The number of nitrogens with zero attached hydrogens (tertiary/aromatic N) is 4. The topological polar surface area (TPSA) is 123 Å². The SMILES string of the molecule is Cc1cnc(Nc2cccc(S(C)(=O)=O)c2F)nc1-c1c[nH]c2c(NC(=O)[C@@H](C)N3CCN(C)C[C@@H]3C)cccc12. The lowest BCUT2D eigenvalue weighted by Crippen LogP contribution is -2.56. The number of aromatic nitrogens is 3. The van der Waals surface area contributed by atoms with Crippen molar-refractivity contribution in [2.75, 3.05) is 43.6 Å². The van der Waals surface area contributed by atoms with E-state index in [1.807, 2.05) is 38.2 Å². The fourth-order valence-corrected chi connectivity index (χ4v) is 6.12. The second kappa shape index (κ2) is 11.2. The predicted octanol–water partition coefficient (Wildman–Crippen LogP) is 4.18. The quantitative estimate of drug-likeness (QED) is 0.298. The number of halogens is 1. The van der Waals surface area contributed by atoms with Crippen LogP contribution in [-0.2, 0) is 14.6 Å². The lowest BCUT2D eigenvalue weighted by atomic mass is 10.1. The number of piperazine rings is 1. The molecule has 1 saturated heterocycles. The Hall–Kier alpha value is -3.87. The number of fused-ring (bicyclic) bond motifs is 1. The average molecular weight is 580 g/mol. The van der Waals surface area contributed by atoms with Crippen LogP contribution in [0, 0.1) is 12.7 Å². The van der Waals surface area contributed by atoms with E-state index in [9.17, 15) is 17.6 Å². The van der Waals surface area contributed by atoms with Crippen molar-refractivity contribution in [1.29, 1.82) is 0 Å². The van der Waals surface area contributed by atoms with Crippen LogP contribution in [0.4, 0.5) is 21.7 Å². The largest absolute Gasteiger partial charge is 0.359 e. The molecule has 2 aromatic heterocycles. The first-order chi connectivity index (χ1) is 19.4. The van der Waals surface area contributed by atoms with E-state index in [-0.39, 0.29) is 29.6 Å². The predicted molar refractivity (Wildman–Crippen MR) is 159 cm³/mol. The minimum atomic E-state index is -3.75. The number of carbonyl (C=O) groups is 1. The van der Waals surface area contributed by atoms with Gasteiger partial charge in [-0.3, -0.25) is 9.69 Å². The van der Waals surface area contributed by atoms with E-state index in [0.717, 1.165) is 47.9 Å². The molecule has 0 radical (unpaired) electrons. The molecule has 5 rings (SSSR count). The number of anilines is 3. The van der Waals surface area contributed by atoms with Crippen molar-refractivity contribution < 1.29 is 17.6 Å². The van der Waals surface area contributed by atoms with Crippen molar-refractivity contribution in [1.82, 2.24) is 24.8 Å². The minimum Gasteiger partial charge on any atom is -0.359 e. The highest BCUT2D eigenvalue weighted by Crippen LogP contribution is 2.34. The van der Waals surface area contributed by atoms with Gasteiger partial charge in [0.15, 0.2) is 15.7 Å². The Morgan fingerprint density at radius 3 is 2.63 bits per heavy atom. The van der Waals surface area contributed by atoms with Gasteiger partial charge in [-0.15, -0.1) is 0 Å². The van der Waals surface area contributed by atoms with Crippen LogP contribution in [0.3, 0.4) is 0 Å². The van der Waals surface area contributed by atoms with Gasteiger partial charge < -0.3 is 20.5 Å².